The zero-order valence-electron chi connectivity index (χ0n) is 8.11. The lowest BCUT2D eigenvalue weighted by atomic mass is 10.4. The van der Waals surface area contributed by atoms with E-state index in [0.29, 0.717) is 17.9 Å². The van der Waals surface area contributed by atoms with Crippen LogP contribution in [0, 0.1) is 0 Å². The first-order valence-corrected chi connectivity index (χ1v) is 4.44. The van der Waals surface area contributed by atoms with E-state index in [4.69, 9.17) is 9.15 Å². The van der Waals surface area contributed by atoms with Gasteiger partial charge in [0.05, 0.1) is 18.4 Å². The maximum absolute atomic E-state index is 11.4. The van der Waals surface area contributed by atoms with E-state index in [-0.39, 0.29) is 5.97 Å². The van der Waals surface area contributed by atoms with Gasteiger partial charge in [-0.3, -0.25) is 0 Å². The molecule has 0 bridgehead atoms. The largest absolute Gasteiger partial charge is 0.463 e. The van der Waals surface area contributed by atoms with Crippen molar-refractivity contribution in [3.8, 4) is 0 Å². The molecule has 4 heteroatoms. The molecule has 0 aliphatic heterocycles. The van der Waals surface area contributed by atoms with Crippen LogP contribution in [0.5, 0.6) is 0 Å². The molecule has 0 fully saturated rings. The summed E-state index contributed by atoms with van der Waals surface area (Å²) in [5.74, 6) is -0.318. The van der Waals surface area contributed by atoms with Crippen LogP contribution < -0.4 is 0 Å². The number of hydrogen-bond donors (Lipinski definition) is 0. The van der Waals surface area contributed by atoms with Crippen molar-refractivity contribution in [1.82, 2.24) is 4.57 Å². The van der Waals surface area contributed by atoms with Crippen molar-refractivity contribution in [3.63, 3.8) is 0 Å². The molecule has 0 spiro atoms. The fraction of sp³-hybridized carbons (Fsp3) is 0.300. The predicted molar refractivity (Wildman–Crippen MR) is 51.1 cm³/mol. The van der Waals surface area contributed by atoms with Gasteiger partial charge >= 0.3 is 5.97 Å². The Kier molecular flexibility index (Phi) is 2.04. The third-order valence-corrected chi connectivity index (χ3v) is 2.15. The van der Waals surface area contributed by atoms with Crippen LogP contribution >= 0.6 is 0 Å². The van der Waals surface area contributed by atoms with Crippen molar-refractivity contribution in [1.29, 1.82) is 0 Å². The smallest absolute Gasteiger partial charge is 0.355 e. The first-order valence-electron chi connectivity index (χ1n) is 4.44. The molecule has 14 heavy (non-hydrogen) atoms. The highest BCUT2D eigenvalue weighted by atomic mass is 16.5. The monoisotopic (exact) mass is 193 g/mol. The number of hydrogen-bond acceptors (Lipinski definition) is 3. The number of carbonyl (C=O) groups excluding carboxylic acids is 1. The van der Waals surface area contributed by atoms with E-state index < -0.39 is 0 Å². The van der Waals surface area contributed by atoms with Crippen LogP contribution in [0.1, 0.15) is 17.4 Å². The van der Waals surface area contributed by atoms with Crippen LogP contribution in [-0.4, -0.2) is 17.1 Å². The fourth-order valence-electron chi connectivity index (χ4n) is 1.45. The molecule has 0 aromatic carbocycles. The van der Waals surface area contributed by atoms with Gasteiger partial charge < -0.3 is 13.7 Å². The van der Waals surface area contributed by atoms with Gasteiger partial charge in [-0.1, -0.05) is 0 Å². The van der Waals surface area contributed by atoms with E-state index >= 15 is 0 Å². The number of carbonyl (C=O) groups is 1. The molecule has 0 aliphatic rings. The van der Waals surface area contributed by atoms with Crippen molar-refractivity contribution in [2.75, 3.05) is 6.61 Å². The van der Waals surface area contributed by atoms with Crippen LogP contribution in [0.3, 0.4) is 0 Å². The summed E-state index contributed by atoms with van der Waals surface area (Å²) in [6.45, 7) is 2.16. The Morgan fingerprint density at radius 2 is 2.43 bits per heavy atom. The SMILES string of the molecule is CCOC(=O)c1cc2occc2n1C. The van der Waals surface area contributed by atoms with Gasteiger partial charge in [0.25, 0.3) is 0 Å². The molecule has 4 nitrogen and oxygen atoms in total. The van der Waals surface area contributed by atoms with E-state index in [1.165, 1.54) is 0 Å². The van der Waals surface area contributed by atoms with E-state index in [2.05, 4.69) is 0 Å². The first-order chi connectivity index (χ1) is 6.74. The summed E-state index contributed by atoms with van der Waals surface area (Å²) in [4.78, 5) is 11.4. The Labute approximate surface area is 81.1 Å². The average Bonchev–Trinajstić information content (AvgIpc) is 2.69. The highest BCUT2D eigenvalue weighted by Gasteiger charge is 2.15. The van der Waals surface area contributed by atoms with Gasteiger partial charge in [-0.2, -0.15) is 0 Å². The molecule has 0 saturated heterocycles. The minimum atomic E-state index is -0.318. The number of nitrogens with zero attached hydrogens (tertiary/aromatic N) is 1. The van der Waals surface area contributed by atoms with Gasteiger partial charge in [-0.05, 0) is 6.92 Å². The van der Waals surface area contributed by atoms with E-state index in [1.807, 2.05) is 13.1 Å². The third kappa shape index (κ3) is 1.19. The van der Waals surface area contributed by atoms with Crippen molar-refractivity contribution < 1.29 is 13.9 Å². The van der Waals surface area contributed by atoms with Crippen LogP contribution in [0.2, 0.25) is 0 Å². The normalized spacial score (nSPS) is 10.7. The zero-order valence-corrected chi connectivity index (χ0v) is 8.11. The van der Waals surface area contributed by atoms with Crippen LogP contribution in [0.15, 0.2) is 22.8 Å². The van der Waals surface area contributed by atoms with Crippen LogP contribution in [-0.2, 0) is 11.8 Å². The molecule has 0 radical (unpaired) electrons. The Hall–Kier alpha value is -1.71. The molecular weight excluding hydrogens is 182 g/mol. The first kappa shape index (κ1) is 8.87. The maximum atomic E-state index is 11.4. The Morgan fingerprint density at radius 1 is 1.64 bits per heavy atom. The second-order valence-electron chi connectivity index (χ2n) is 2.98. The Morgan fingerprint density at radius 3 is 3.07 bits per heavy atom. The van der Waals surface area contributed by atoms with Crippen LogP contribution in [0.4, 0.5) is 0 Å². The third-order valence-electron chi connectivity index (χ3n) is 2.15. The number of esters is 1. The lowest BCUT2D eigenvalue weighted by Crippen LogP contribution is -2.09. The number of furan rings is 1. The van der Waals surface area contributed by atoms with Crippen molar-refractivity contribution in [2.45, 2.75) is 6.92 Å². The van der Waals surface area contributed by atoms with Gasteiger partial charge in [-0.25, -0.2) is 4.79 Å². The summed E-state index contributed by atoms with van der Waals surface area (Å²) < 4.78 is 11.8. The van der Waals surface area contributed by atoms with E-state index in [9.17, 15) is 4.79 Å². The molecule has 0 unspecified atom stereocenters. The second-order valence-corrected chi connectivity index (χ2v) is 2.98. The van der Waals surface area contributed by atoms with Gasteiger partial charge in [-0.15, -0.1) is 0 Å². The summed E-state index contributed by atoms with van der Waals surface area (Å²) >= 11 is 0. The van der Waals surface area contributed by atoms with Crippen molar-refractivity contribution >= 4 is 17.1 Å². The van der Waals surface area contributed by atoms with Gasteiger partial charge in [0, 0.05) is 19.2 Å². The molecule has 74 valence electrons. The fourth-order valence-corrected chi connectivity index (χ4v) is 1.45. The molecule has 0 saturated carbocycles. The summed E-state index contributed by atoms with van der Waals surface area (Å²) in [6.07, 6.45) is 1.60. The average molecular weight is 193 g/mol. The van der Waals surface area contributed by atoms with Crippen molar-refractivity contribution in [3.05, 3.63) is 24.1 Å². The van der Waals surface area contributed by atoms with Crippen molar-refractivity contribution in [2.24, 2.45) is 7.05 Å². The quantitative estimate of drug-likeness (QED) is 0.684. The predicted octanol–water partition coefficient (Wildman–Crippen LogP) is 1.95. The summed E-state index contributed by atoms with van der Waals surface area (Å²) in [7, 11) is 1.81. The maximum Gasteiger partial charge on any atom is 0.355 e. The highest BCUT2D eigenvalue weighted by Crippen LogP contribution is 2.19. The zero-order chi connectivity index (χ0) is 10.1. The van der Waals surface area contributed by atoms with Gasteiger partial charge in [0.2, 0.25) is 0 Å². The number of aromatic nitrogens is 1. The molecule has 0 amide bonds. The summed E-state index contributed by atoms with van der Waals surface area (Å²) in [5.41, 5.74) is 2.12. The summed E-state index contributed by atoms with van der Waals surface area (Å²) in [6, 6.07) is 3.51. The summed E-state index contributed by atoms with van der Waals surface area (Å²) in [5, 5.41) is 0. The minimum absolute atomic E-state index is 0.318. The number of fused-ring (bicyclic) bond motifs is 1. The highest BCUT2D eigenvalue weighted by molar-refractivity contribution is 5.93. The lowest BCUT2D eigenvalue weighted by Gasteiger charge is -2.02. The van der Waals surface area contributed by atoms with E-state index in [0.717, 1.165) is 5.52 Å². The second kappa shape index (κ2) is 3.21. The standard InChI is InChI=1S/C10H11NO3/c1-3-13-10(12)8-6-9-7(11(8)2)4-5-14-9/h4-6H,3H2,1-2H3. The lowest BCUT2D eigenvalue weighted by molar-refractivity contribution is 0.0516. The Bertz CT molecular complexity index is 467. The molecule has 0 N–H and O–H groups in total. The molecule has 2 rings (SSSR count). The van der Waals surface area contributed by atoms with Gasteiger partial charge in [0.15, 0.2) is 5.58 Å². The molecule has 0 atom stereocenters. The van der Waals surface area contributed by atoms with E-state index in [1.54, 1.807) is 23.8 Å². The number of aryl methyl sites for hydroxylation is 1. The molecule has 2 heterocycles. The molecular formula is C10H11NO3. The molecule has 2 aromatic rings. The topological polar surface area (TPSA) is 44.4 Å². The van der Waals surface area contributed by atoms with Gasteiger partial charge in [0.1, 0.15) is 5.69 Å². The number of ether oxygens (including phenoxy) is 1. The minimum Gasteiger partial charge on any atom is -0.463 e. The molecule has 2 aromatic heterocycles. The Balaban J connectivity index is 2.47. The van der Waals surface area contributed by atoms with Crippen LogP contribution in [0.25, 0.3) is 11.1 Å². The molecule has 0 aliphatic carbocycles. The number of rotatable bonds is 2.